The van der Waals surface area contributed by atoms with E-state index in [1.165, 1.54) is 10.4 Å². The molecule has 6 nitrogen and oxygen atoms in total. The van der Waals surface area contributed by atoms with Crippen LogP contribution in [0.15, 0.2) is 40.6 Å². The number of sulfonamides is 1. The number of thiophene rings is 1. The minimum atomic E-state index is -3.73. The van der Waals surface area contributed by atoms with E-state index in [1.54, 1.807) is 29.2 Å². The van der Waals surface area contributed by atoms with Crippen LogP contribution in [0.4, 0.5) is 0 Å². The van der Waals surface area contributed by atoms with E-state index >= 15 is 0 Å². The Kier molecular flexibility index (Phi) is 6.88. The maximum atomic E-state index is 13.1. The Balaban J connectivity index is 1.84. The van der Waals surface area contributed by atoms with Gasteiger partial charge in [0.1, 0.15) is 15.8 Å². The van der Waals surface area contributed by atoms with Gasteiger partial charge in [-0.15, -0.1) is 22.9 Å². The van der Waals surface area contributed by atoms with E-state index in [2.05, 4.69) is 0 Å². The number of alkyl halides is 1. The first-order valence-corrected chi connectivity index (χ1v) is 11.9. The second kappa shape index (κ2) is 9.00. The molecule has 1 aliphatic rings. The highest BCUT2D eigenvalue weighted by molar-refractivity contribution is 7.91. The molecule has 0 spiro atoms. The van der Waals surface area contributed by atoms with Gasteiger partial charge in [-0.1, -0.05) is 29.8 Å². The van der Waals surface area contributed by atoms with E-state index in [4.69, 9.17) is 23.2 Å². The van der Waals surface area contributed by atoms with Crippen LogP contribution in [0.5, 0.6) is 5.75 Å². The predicted octanol–water partition coefficient (Wildman–Crippen LogP) is 3.18. The van der Waals surface area contributed by atoms with E-state index in [0.29, 0.717) is 17.2 Å². The number of para-hydroxylation sites is 1. The standard InChI is InChI=1S/C18H20Cl2N2O4S2/c19-11-17(24)21-9-10-22(28(25,26)18-8-7-16(20)27-18)14(12-21)6-5-13-3-1-2-4-15(13)23/h1-4,7-8,14,23H,5-6,9-12H2/t14-/m0/s1. The second-order valence-corrected chi connectivity index (χ2v) is 10.6. The smallest absolute Gasteiger partial charge is 0.252 e. The molecule has 0 aliphatic carbocycles. The van der Waals surface area contributed by atoms with Crippen LogP contribution in [0.1, 0.15) is 12.0 Å². The Bertz CT molecular complexity index is 949. The third-order valence-electron chi connectivity index (χ3n) is 4.75. The molecule has 152 valence electrons. The van der Waals surface area contributed by atoms with Crippen molar-refractivity contribution in [3.63, 3.8) is 0 Å². The fourth-order valence-corrected chi connectivity index (χ4v) is 6.72. The van der Waals surface area contributed by atoms with Crippen molar-refractivity contribution in [2.45, 2.75) is 23.1 Å². The first-order chi connectivity index (χ1) is 13.3. The summed E-state index contributed by atoms with van der Waals surface area (Å²) in [6.07, 6.45) is 0.944. The largest absolute Gasteiger partial charge is 0.508 e. The van der Waals surface area contributed by atoms with Gasteiger partial charge in [-0.05, 0) is 36.6 Å². The number of piperazine rings is 1. The van der Waals surface area contributed by atoms with Crippen molar-refractivity contribution in [1.29, 1.82) is 0 Å². The van der Waals surface area contributed by atoms with Gasteiger partial charge in [-0.25, -0.2) is 8.42 Å². The van der Waals surface area contributed by atoms with Crippen molar-refractivity contribution in [3.8, 4) is 5.75 Å². The maximum Gasteiger partial charge on any atom is 0.252 e. The van der Waals surface area contributed by atoms with Crippen molar-refractivity contribution in [2.75, 3.05) is 25.5 Å². The van der Waals surface area contributed by atoms with Crippen molar-refractivity contribution in [2.24, 2.45) is 0 Å². The fourth-order valence-electron chi connectivity index (χ4n) is 3.30. The highest BCUT2D eigenvalue weighted by atomic mass is 35.5. The minimum Gasteiger partial charge on any atom is -0.508 e. The molecule has 0 radical (unpaired) electrons. The molecule has 1 fully saturated rings. The number of carbonyl (C=O) groups is 1. The molecule has 1 aliphatic heterocycles. The van der Waals surface area contributed by atoms with Crippen molar-refractivity contribution in [3.05, 3.63) is 46.3 Å². The molecule has 1 aromatic carbocycles. The van der Waals surface area contributed by atoms with Crippen LogP contribution >= 0.6 is 34.5 Å². The molecule has 10 heteroatoms. The van der Waals surface area contributed by atoms with E-state index < -0.39 is 16.1 Å². The number of rotatable bonds is 6. The Morgan fingerprint density at radius 2 is 1.96 bits per heavy atom. The van der Waals surface area contributed by atoms with Gasteiger partial charge in [0, 0.05) is 25.7 Å². The minimum absolute atomic E-state index is 0.139. The van der Waals surface area contributed by atoms with Crippen LogP contribution < -0.4 is 0 Å². The lowest BCUT2D eigenvalue weighted by Gasteiger charge is -2.40. The van der Waals surface area contributed by atoms with Gasteiger partial charge in [0.05, 0.1) is 4.34 Å². The first-order valence-electron chi connectivity index (χ1n) is 8.70. The summed E-state index contributed by atoms with van der Waals surface area (Å²) in [6.45, 7) is 0.736. The van der Waals surface area contributed by atoms with Crippen molar-refractivity contribution in [1.82, 2.24) is 9.21 Å². The molecule has 1 atom stereocenters. The molecule has 1 saturated heterocycles. The summed E-state index contributed by atoms with van der Waals surface area (Å²) in [6, 6.07) is 9.59. The van der Waals surface area contributed by atoms with Gasteiger partial charge in [0.15, 0.2) is 0 Å². The third-order valence-corrected chi connectivity index (χ3v) is 8.62. The van der Waals surface area contributed by atoms with Gasteiger partial charge < -0.3 is 10.0 Å². The maximum absolute atomic E-state index is 13.1. The SMILES string of the molecule is O=C(CCl)N1CCN(S(=O)(=O)c2ccc(Cl)s2)[C@@H](CCc2ccccc2O)C1. The van der Waals surface area contributed by atoms with Crippen LogP contribution in [-0.2, 0) is 21.2 Å². The Labute approximate surface area is 178 Å². The summed E-state index contributed by atoms with van der Waals surface area (Å²) >= 11 is 12.6. The molecule has 0 bridgehead atoms. The highest BCUT2D eigenvalue weighted by Crippen LogP contribution is 2.31. The predicted molar refractivity (Wildman–Crippen MR) is 111 cm³/mol. The quantitative estimate of drug-likeness (QED) is 0.668. The van der Waals surface area contributed by atoms with Gasteiger partial charge >= 0.3 is 0 Å². The summed E-state index contributed by atoms with van der Waals surface area (Å²) in [4.78, 5) is 13.6. The molecule has 1 aromatic heterocycles. The van der Waals surface area contributed by atoms with Crippen LogP contribution in [0, 0.1) is 0 Å². The van der Waals surface area contributed by atoms with E-state index in [9.17, 15) is 18.3 Å². The Morgan fingerprint density at radius 3 is 2.61 bits per heavy atom. The lowest BCUT2D eigenvalue weighted by Crippen LogP contribution is -2.56. The summed E-state index contributed by atoms with van der Waals surface area (Å²) in [5, 5.41) is 10.00. The number of phenols is 1. The lowest BCUT2D eigenvalue weighted by molar-refractivity contribution is -0.130. The van der Waals surface area contributed by atoms with Crippen LogP contribution in [0.2, 0.25) is 4.34 Å². The number of aryl methyl sites for hydroxylation is 1. The van der Waals surface area contributed by atoms with E-state index in [0.717, 1.165) is 16.9 Å². The number of benzene rings is 1. The number of nitrogens with zero attached hydrogens (tertiary/aromatic N) is 2. The number of amides is 1. The molecule has 0 unspecified atom stereocenters. The highest BCUT2D eigenvalue weighted by Gasteiger charge is 2.37. The van der Waals surface area contributed by atoms with Crippen molar-refractivity contribution < 1.29 is 18.3 Å². The summed E-state index contributed by atoms with van der Waals surface area (Å²) < 4.78 is 28.3. The molecule has 28 heavy (non-hydrogen) atoms. The number of carbonyl (C=O) groups excluding carboxylic acids is 1. The van der Waals surface area contributed by atoms with E-state index in [1.807, 2.05) is 6.07 Å². The van der Waals surface area contributed by atoms with Gasteiger partial charge in [0.2, 0.25) is 5.91 Å². The average molecular weight is 463 g/mol. The topological polar surface area (TPSA) is 77.9 Å². The molecule has 0 saturated carbocycles. The van der Waals surface area contributed by atoms with Gasteiger partial charge in [-0.3, -0.25) is 4.79 Å². The molecular weight excluding hydrogens is 443 g/mol. The zero-order chi connectivity index (χ0) is 20.3. The molecule has 2 aromatic rings. The molecule has 2 heterocycles. The fraction of sp³-hybridized carbons (Fsp3) is 0.389. The number of halogens is 2. The average Bonchev–Trinajstić information content (AvgIpc) is 3.13. The normalized spacial score (nSPS) is 18.4. The molecule has 1 amide bonds. The number of aromatic hydroxyl groups is 1. The second-order valence-electron chi connectivity index (χ2n) is 6.47. The van der Waals surface area contributed by atoms with Crippen molar-refractivity contribution >= 4 is 50.5 Å². The lowest BCUT2D eigenvalue weighted by atomic mass is 10.0. The first kappa shape index (κ1) is 21.4. The van der Waals surface area contributed by atoms with Gasteiger partial charge in [-0.2, -0.15) is 4.31 Å². The summed E-state index contributed by atoms with van der Waals surface area (Å²) in [5.74, 6) is -0.184. The monoisotopic (exact) mass is 462 g/mol. The van der Waals surface area contributed by atoms with Gasteiger partial charge in [0.25, 0.3) is 10.0 Å². The Hall–Kier alpha value is -1.32. The van der Waals surface area contributed by atoms with Crippen LogP contribution in [0.3, 0.4) is 0 Å². The molecular formula is C18H20Cl2N2O4S2. The van der Waals surface area contributed by atoms with E-state index in [-0.39, 0.29) is 41.4 Å². The summed E-state index contributed by atoms with van der Waals surface area (Å²) in [5.41, 5.74) is 0.736. The summed E-state index contributed by atoms with van der Waals surface area (Å²) in [7, 11) is -3.73. The molecule has 3 rings (SSSR count). The number of hydrogen-bond donors (Lipinski definition) is 1. The van der Waals surface area contributed by atoms with Crippen LogP contribution in [-0.4, -0.2) is 60.2 Å². The Morgan fingerprint density at radius 1 is 1.21 bits per heavy atom. The zero-order valence-electron chi connectivity index (χ0n) is 14.9. The number of hydrogen-bond acceptors (Lipinski definition) is 5. The third kappa shape index (κ3) is 4.63. The zero-order valence-corrected chi connectivity index (χ0v) is 18.1. The number of phenolic OH excluding ortho intramolecular Hbond substituents is 1. The van der Waals surface area contributed by atoms with Crippen LogP contribution in [0.25, 0.3) is 0 Å². The molecule has 1 N–H and O–H groups in total.